The molecule has 5 heteroatoms. The normalized spacial score (nSPS) is 11.5. The summed E-state index contributed by atoms with van der Waals surface area (Å²) in [6.07, 6.45) is 2.94. The zero-order chi connectivity index (χ0) is 13.8. The number of hydrogen-bond acceptors (Lipinski definition) is 2. The van der Waals surface area contributed by atoms with Gasteiger partial charge >= 0.3 is 5.97 Å². The van der Waals surface area contributed by atoms with E-state index in [4.69, 9.17) is 5.11 Å². The minimum Gasteiger partial charge on any atom is -0.480 e. The van der Waals surface area contributed by atoms with Gasteiger partial charge in [-0.15, -0.1) is 0 Å². The molecule has 0 aromatic heterocycles. The first-order valence-corrected chi connectivity index (χ1v) is 6.10. The molecule has 0 unspecified atom stereocenters. The lowest BCUT2D eigenvalue weighted by Gasteiger charge is -2.19. The number of amides is 1. The fraction of sp³-hybridized carbons (Fsp3) is 0.231. The van der Waals surface area contributed by atoms with Crippen molar-refractivity contribution in [2.75, 3.05) is 0 Å². The van der Waals surface area contributed by atoms with Crippen molar-refractivity contribution in [3.05, 3.63) is 40.4 Å². The number of hydrogen-bond donors (Lipinski definition) is 2. The lowest BCUT2D eigenvalue weighted by atomic mass is 10.1. The van der Waals surface area contributed by atoms with Crippen LogP contribution in [0.3, 0.4) is 0 Å². The maximum absolute atomic E-state index is 11.5. The SMILES string of the molecule is CC(C)(NC(=O)/C=C/c1cccc(Br)c1)C(=O)O. The third-order valence-electron chi connectivity index (χ3n) is 2.25. The summed E-state index contributed by atoms with van der Waals surface area (Å²) < 4.78 is 0.913. The smallest absolute Gasteiger partial charge is 0.328 e. The second-order valence-corrected chi connectivity index (χ2v) is 5.22. The first-order valence-electron chi connectivity index (χ1n) is 5.30. The highest BCUT2D eigenvalue weighted by molar-refractivity contribution is 9.10. The van der Waals surface area contributed by atoms with E-state index in [2.05, 4.69) is 21.2 Å². The van der Waals surface area contributed by atoms with Gasteiger partial charge in [-0.25, -0.2) is 4.79 Å². The maximum atomic E-state index is 11.5. The molecule has 1 aromatic rings. The summed E-state index contributed by atoms with van der Waals surface area (Å²) in [5.74, 6) is -1.52. The van der Waals surface area contributed by atoms with Crippen LogP contribution >= 0.6 is 15.9 Å². The highest BCUT2D eigenvalue weighted by Gasteiger charge is 2.27. The maximum Gasteiger partial charge on any atom is 0.328 e. The molecule has 1 aromatic carbocycles. The van der Waals surface area contributed by atoms with Crippen LogP contribution in [0.4, 0.5) is 0 Å². The van der Waals surface area contributed by atoms with Gasteiger partial charge in [0.25, 0.3) is 0 Å². The van der Waals surface area contributed by atoms with Crippen LogP contribution in [-0.4, -0.2) is 22.5 Å². The first-order chi connectivity index (χ1) is 8.31. The highest BCUT2D eigenvalue weighted by Crippen LogP contribution is 2.12. The summed E-state index contributed by atoms with van der Waals surface area (Å²) in [5, 5.41) is 11.3. The summed E-state index contributed by atoms with van der Waals surface area (Å²) in [5.41, 5.74) is -0.425. The highest BCUT2D eigenvalue weighted by atomic mass is 79.9. The van der Waals surface area contributed by atoms with Crippen LogP contribution < -0.4 is 5.32 Å². The summed E-state index contributed by atoms with van der Waals surface area (Å²) in [4.78, 5) is 22.4. The molecule has 0 fully saturated rings. The van der Waals surface area contributed by atoms with Crippen LogP contribution in [0.15, 0.2) is 34.8 Å². The van der Waals surface area contributed by atoms with E-state index in [9.17, 15) is 9.59 Å². The van der Waals surface area contributed by atoms with Gasteiger partial charge in [-0.2, -0.15) is 0 Å². The molecule has 96 valence electrons. The lowest BCUT2D eigenvalue weighted by Crippen LogP contribution is -2.49. The topological polar surface area (TPSA) is 66.4 Å². The van der Waals surface area contributed by atoms with Gasteiger partial charge in [0.1, 0.15) is 5.54 Å². The van der Waals surface area contributed by atoms with E-state index in [1.54, 1.807) is 6.08 Å². The average Bonchev–Trinajstić information content (AvgIpc) is 2.25. The van der Waals surface area contributed by atoms with Gasteiger partial charge in [-0.05, 0) is 37.6 Å². The Labute approximate surface area is 114 Å². The van der Waals surface area contributed by atoms with E-state index in [-0.39, 0.29) is 0 Å². The van der Waals surface area contributed by atoms with Crippen molar-refractivity contribution in [1.82, 2.24) is 5.32 Å². The standard InChI is InChI=1S/C13H14BrNO3/c1-13(2,12(17)18)15-11(16)7-6-9-4-3-5-10(14)8-9/h3-8H,1-2H3,(H,15,16)(H,17,18)/b7-6+. The van der Waals surface area contributed by atoms with Gasteiger partial charge in [0.2, 0.25) is 5.91 Å². The third kappa shape index (κ3) is 4.33. The van der Waals surface area contributed by atoms with Crippen LogP contribution in [0.25, 0.3) is 6.08 Å². The minimum absolute atomic E-state index is 0.442. The van der Waals surface area contributed by atoms with Crippen molar-refractivity contribution >= 4 is 33.9 Å². The molecule has 1 rings (SSSR count). The molecule has 0 heterocycles. The summed E-state index contributed by atoms with van der Waals surface area (Å²) >= 11 is 3.32. The number of carbonyl (C=O) groups is 2. The van der Waals surface area contributed by atoms with Crippen LogP contribution in [0.1, 0.15) is 19.4 Å². The molecule has 4 nitrogen and oxygen atoms in total. The lowest BCUT2D eigenvalue weighted by molar-refractivity contribution is -0.145. The molecule has 0 saturated heterocycles. The molecule has 0 aliphatic rings. The Morgan fingerprint density at radius 1 is 1.39 bits per heavy atom. The van der Waals surface area contributed by atoms with Crippen molar-refractivity contribution in [3.8, 4) is 0 Å². The Morgan fingerprint density at radius 3 is 2.61 bits per heavy atom. The molecule has 0 atom stereocenters. The first kappa shape index (κ1) is 14.4. The Morgan fingerprint density at radius 2 is 2.06 bits per heavy atom. The van der Waals surface area contributed by atoms with Crippen LogP contribution in [0.5, 0.6) is 0 Å². The molecule has 18 heavy (non-hydrogen) atoms. The zero-order valence-corrected chi connectivity index (χ0v) is 11.7. The summed E-state index contributed by atoms with van der Waals surface area (Å²) in [7, 11) is 0. The van der Waals surface area contributed by atoms with E-state index in [1.165, 1.54) is 19.9 Å². The number of rotatable bonds is 4. The predicted molar refractivity (Wildman–Crippen MR) is 73.0 cm³/mol. The van der Waals surface area contributed by atoms with Gasteiger partial charge in [0.15, 0.2) is 0 Å². The zero-order valence-electron chi connectivity index (χ0n) is 10.1. The largest absolute Gasteiger partial charge is 0.480 e. The van der Waals surface area contributed by atoms with Crippen LogP contribution in [0, 0.1) is 0 Å². The van der Waals surface area contributed by atoms with Crippen molar-refractivity contribution < 1.29 is 14.7 Å². The second kappa shape index (κ2) is 5.82. The van der Waals surface area contributed by atoms with Gasteiger partial charge in [0.05, 0.1) is 0 Å². The van der Waals surface area contributed by atoms with Crippen molar-refractivity contribution in [1.29, 1.82) is 0 Å². The summed E-state index contributed by atoms with van der Waals surface area (Å²) in [6.45, 7) is 2.86. The van der Waals surface area contributed by atoms with Gasteiger partial charge < -0.3 is 10.4 Å². The quantitative estimate of drug-likeness (QED) is 0.839. The van der Waals surface area contributed by atoms with E-state index in [0.29, 0.717) is 0 Å². The van der Waals surface area contributed by atoms with Crippen LogP contribution in [0.2, 0.25) is 0 Å². The predicted octanol–water partition coefficient (Wildman–Crippen LogP) is 2.44. The third-order valence-corrected chi connectivity index (χ3v) is 2.74. The van der Waals surface area contributed by atoms with E-state index >= 15 is 0 Å². The van der Waals surface area contributed by atoms with E-state index < -0.39 is 17.4 Å². The number of carboxylic acid groups (broad SMARTS) is 1. The van der Waals surface area contributed by atoms with Gasteiger partial charge in [-0.3, -0.25) is 4.79 Å². The van der Waals surface area contributed by atoms with E-state index in [1.807, 2.05) is 24.3 Å². The van der Waals surface area contributed by atoms with Crippen molar-refractivity contribution in [2.45, 2.75) is 19.4 Å². The Balaban J connectivity index is 2.68. The Hall–Kier alpha value is -1.62. The number of benzene rings is 1. The molecule has 0 saturated carbocycles. The molecule has 0 aliphatic heterocycles. The van der Waals surface area contributed by atoms with Crippen molar-refractivity contribution in [2.24, 2.45) is 0 Å². The minimum atomic E-state index is -1.28. The molecule has 2 N–H and O–H groups in total. The number of carboxylic acids is 1. The summed E-state index contributed by atoms with van der Waals surface area (Å²) in [6, 6.07) is 7.43. The monoisotopic (exact) mass is 311 g/mol. The molecule has 0 bridgehead atoms. The molecular formula is C13H14BrNO3. The molecule has 0 spiro atoms. The number of carbonyl (C=O) groups excluding carboxylic acids is 1. The number of halogens is 1. The van der Waals surface area contributed by atoms with E-state index in [0.717, 1.165) is 10.0 Å². The van der Waals surface area contributed by atoms with Gasteiger partial charge in [0, 0.05) is 10.5 Å². The fourth-order valence-electron chi connectivity index (χ4n) is 1.19. The van der Waals surface area contributed by atoms with Gasteiger partial charge in [-0.1, -0.05) is 28.1 Å². The Bertz CT molecular complexity index is 495. The second-order valence-electron chi connectivity index (χ2n) is 4.31. The molecular weight excluding hydrogens is 298 g/mol. The Kier molecular flexibility index (Phi) is 4.67. The molecule has 0 aliphatic carbocycles. The van der Waals surface area contributed by atoms with Crippen molar-refractivity contribution in [3.63, 3.8) is 0 Å². The molecule has 0 radical (unpaired) electrons. The number of nitrogens with one attached hydrogen (secondary N) is 1. The average molecular weight is 312 g/mol. The number of aliphatic carboxylic acids is 1. The fourth-order valence-corrected chi connectivity index (χ4v) is 1.60. The molecule has 1 amide bonds. The van der Waals surface area contributed by atoms with Crippen LogP contribution in [-0.2, 0) is 9.59 Å².